The van der Waals surface area contributed by atoms with Crippen molar-refractivity contribution >= 4 is 27.9 Å². The minimum atomic E-state index is -0.0861. The quantitative estimate of drug-likeness (QED) is 0.142. The molecule has 15 rings (SSSR count). The number of allylic oxidation sites excluding steroid dienone is 5. The summed E-state index contributed by atoms with van der Waals surface area (Å²) in [6.07, 6.45) is 0. The van der Waals surface area contributed by atoms with Crippen LogP contribution in [0.15, 0.2) is 260 Å². The van der Waals surface area contributed by atoms with Gasteiger partial charge in [0.15, 0.2) is 0 Å². The molecule has 0 nitrogen and oxygen atoms in total. The molecule has 0 unspecified atom stereocenters. The summed E-state index contributed by atoms with van der Waals surface area (Å²) in [4.78, 5) is 0. The third-order valence-corrected chi connectivity index (χ3v) is 18.4. The van der Waals surface area contributed by atoms with Crippen molar-refractivity contribution in [3.05, 3.63) is 327 Å². The topological polar surface area (TPSA) is 0 Å². The van der Waals surface area contributed by atoms with Crippen molar-refractivity contribution in [3.8, 4) is 66.8 Å². The fraction of sp³-hybridized carbons (Fsp3) is 0.100. The summed E-state index contributed by atoms with van der Waals surface area (Å²) < 4.78 is 0. The average Bonchev–Trinajstić information content (AvgIpc) is 4.27. The van der Waals surface area contributed by atoms with E-state index in [-0.39, 0.29) is 10.8 Å². The van der Waals surface area contributed by atoms with Crippen molar-refractivity contribution in [3.63, 3.8) is 0 Å². The molecule has 0 aromatic heterocycles. The van der Waals surface area contributed by atoms with Crippen LogP contribution in [0.1, 0.15) is 94.5 Å². The molecule has 0 spiro atoms. The summed E-state index contributed by atoms with van der Waals surface area (Å²) >= 11 is 0. The van der Waals surface area contributed by atoms with Crippen molar-refractivity contribution in [1.29, 1.82) is 0 Å². The van der Waals surface area contributed by atoms with E-state index in [0.29, 0.717) is 0 Å². The van der Waals surface area contributed by atoms with Gasteiger partial charge < -0.3 is 0 Å². The van der Waals surface area contributed by atoms with Gasteiger partial charge in [0.2, 0.25) is 0 Å². The summed E-state index contributed by atoms with van der Waals surface area (Å²) in [5.74, 6) is 0. The third kappa shape index (κ3) is 6.95. The second kappa shape index (κ2) is 18.1. The summed E-state index contributed by atoms with van der Waals surface area (Å²) in [5.41, 5.74) is 38.5. The van der Waals surface area contributed by atoms with Crippen molar-refractivity contribution in [2.75, 3.05) is 0 Å². The first-order valence-corrected chi connectivity index (χ1v) is 28.4. The van der Waals surface area contributed by atoms with E-state index in [0.717, 1.165) is 0 Å². The molecule has 0 saturated carbocycles. The molecule has 0 saturated heterocycles. The Hall–Kier alpha value is -9.36. The molecule has 380 valence electrons. The molecule has 11 aromatic rings. The highest BCUT2D eigenvalue weighted by Gasteiger charge is 2.44. The van der Waals surface area contributed by atoms with E-state index >= 15 is 0 Å². The van der Waals surface area contributed by atoms with Crippen molar-refractivity contribution in [2.24, 2.45) is 0 Å². The summed E-state index contributed by atoms with van der Waals surface area (Å²) in [7, 11) is 0. The van der Waals surface area contributed by atoms with Gasteiger partial charge in [-0.15, -0.1) is 0 Å². The first-order chi connectivity index (χ1) is 39.1. The fourth-order valence-corrected chi connectivity index (χ4v) is 14.8. The Morgan fingerprint density at radius 1 is 0.188 bits per heavy atom. The Balaban J connectivity index is 1.03. The van der Waals surface area contributed by atoms with Crippen molar-refractivity contribution < 1.29 is 0 Å². The van der Waals surface area contributed by atoms with Crippen LogP contribution in [0, 0.1) is 13.8 Å². The van der Waals surface area contributed by atoms with Crippen LogP contribution in [0.3, 0.4) is 0 Å². The lowest BCUT2D eigenvalue weighted by molar-refractivity contribution is 0.660. The van der Waals surface area contributed by atoms with Gasteiger partial charge in [0.1, 0.15) is 0 Å². The lowest BCUT2D eigenvalue weighted by Gasteiger charge is -2.24. The number of benzene rings is 11. The second-order valence-corrected chi connectivity index (χ2v) is 23.4. The molecule has 0 atom stereocenters. The number of rotatable bonds is 8. The Bertz CT molecular complexity index is 4440. The van der Waals surface area contributed by atoms with E-state index in [1.807, 2.05) is 0 Å². The van der Waals surface area contributed by atoms with E-state index in [1.165, 1.54) is 167 Å². The predicted octanol–water partition coefficient (Wildman–Crippen LogP) is 20.9. The predicted molar refractivity (Wildman–Crippen MR) is 338 cm³/mol. The van der Waals surface area contributed by atoms with Gasteiger partial charge in [-0.2, -0.15) is 0 Å². The Kier molecular flexibility index (Phi) is 10.8. The molecule has 0 aliphatic heterocycles. The molecule has 0 radical (unpaired) electrons. The van der Waals surface area contributed by atoms with Gasteiger partial charge >= 0.3 is 0 Å². The van der Waals surface area contributed by atoms with Gasteiger partial charge in [-0.05, 0) is 181 Å². The van der Waals surface area contributed by atoms with E-state index in [1.54, 1.807) is 0 Å². The molecule has 0 amide bonds. The highest BCUT2D eigenvalue weighted by Crippen LogP contribution is 2.65. The zero-order valence-electron chi connectivity index (χ0n) is 46.2. The smallest absolute Gasteiger partial charge is 0.0159 e. The van der Waals surface area contributed by atoms with E-state index in [9.17, 15) is 0 Å². The van der Waals surface area contributed by atoms with Crippen LogP contribution < -0.4 is 0 Å². The molecule has 0 bridgehead atoms. The van der Waals surface area contributed by atoms with Crippen LogP contribution in [-0.4, -0.2) is 0 Å². The lowest BCUT2D eigenvalue weighted by Crippen LogP contribution is -2.14. The largest absolute Gasteiger partial charge is 0.0622 e. The van der Waals surface area contributed by atoms with E-state index in [2.05, 4.69) is 296 Å². The number of fused-ring (bicyclic) bond motifs is 9. The monoisotopic (exact) mass is 1020 g/mol. The normalized spacial score (nSPS) is 14.9. The van der Waals surface area contributed by atoms with Gasteiger partial charge in [-0.25, -0.2) is 0 Å². The van der Waals surface area contributed by atoms with Crippen molar-refractivity contribution in [1.82, 2.24) is 0 Å². The Morgan fingerprint density at radius 2 is 0.475 bits per heavy atom. The zero-order chi connectivity index (χ0) is 54.0. The maximum absolute atomic E-state index is 2.42. The Morgan fingerprint density at radius 3 is 0.900 bits per heavy atom. The second-order valence-electron chi connectivity index (χ2n) is 23.4. The van der Waals surface area contributed by atoms with Crippen LogP contribution in [-0.2, 0) is 10.8 Å². The van der Waals surface area contributed by atoms with Crippen LogP contribution >= 0.6 is 0 Å². The lowest BCUT2D eigenvalue weighted by atomic mass is 9.78. The van der Waals surface area contributed by atoms with Crippen LogP contribution in [0.25, 0.3) is 94.6 Å². The molecule has 0 fully saturated rings. The van der Waals surface area contributed by atoms with Crippen LogP contribution in [0.4, 0.5) is 0 Å². The maximum atomic E-state index is 2.42. The molecule has 11 aromatic carbocycles. The summed E-state index contributed by atoms with van der Waals surface area (Å²) in [6, 6.07) is 95.8. The fourth-order valence-electron chi connectivity index (χ4n) is 14.8. The van der Waals surface area contributed by atoms with E-state index in [4.69, 9.17) is 0 Å². The third-order valence-electron chi connectivity index (χ3n) is 18.4. The first-order valence-electron chi connectivity index (χ1n) is 28.4. The highest BCUT2D eigenvalue weighted by molar-refractivity contribution is 6.40. The van der Waals surface area contributed by atoms with Crippen LogP contribution in [0.5, 0.6) is 0 Å². The molecule has 0 heterocycles. The minimum Gasteiger partial charge on any atom is -0.0622 e. The van der Waals surface area contributed by atoms with E-state index < -0.39 is 0 Å². The molecular weight excluding hydrogens is 961 g/mol. The maximum Gasteiger partial charge on any atom is 0.0159 e. The highest BCUT2D eigenvalue weighted by atomic mass is 14.5. The number of hydrogen-bond acceptors (Lipinski definition) is 0. The van der Waals surface area contributed by atoms with Gasteiger partial charge in [-0.3, -0.25) is 0 Å². The molecule has 80 heavy (non-hydrogen) atoms. The molecular formula is C80H60. The number of hydrogen-bond donors (Lipinski definition) is 0. The SMILES string of the molecule is Cc1c2c(c(C)c(-c3ccccc3)c1-c1ccccc1)C(c1ccc(-c3cccc4c3-c3ccccc3C4(C)C)cc1)=C1C(c3ccccc3)=C(c3ccccc3)C(c3ccc(-c4cccc5c4-c4ccccc4C5(C)C)cc3)=C12. The summed E-state index contributed by atoms with van der Waals surface area (Å²) in [6.45, 7) is 14.3. The minimum absolute atomic E-state index is 0.0853. The molecule has 0 heteroatoms. The molecule has 4 aliphatic rings. The average molecular weight is 1020 g/mol. The van der Waals surface area contributed by atoms with Gasteiger partial charge in [-0.1, -0.05) is 282 Å². The zero-order valence-corrected chi connectivity index (χ0v) is 46.2. The first kappa shape index (κ1) is 47.8. The van der Waals surface area contributed by atoms with Crippen LogP contribution in [0.2, 0.25) is 0 Å². The van der Waals surface area contributed by atoms with Gasteiger partial charge in [0, 0.05) is 10.8 Å². The van der Waals surface area contributed by atoms with Gasteiger partial charge in [0.05, 0.1) is 0 Å². The molecule has 4 aliphatic carbocycles. The molecule has 0 N–H and O–H groups in total. The summed E-state index contributed by atoms with van der Waals surface area (Å²) in [5, 5.41) is 0. The van der Waals surface area contributed by atoms with Crippen molar-refractivity contribution in [2.45, 2.75) is 52.4 Å². The van der Waals surface area contributed by atoms with Gasteiger partial charge in [0.25, 0.3) is 0 Å². The Labute approximate surface area is 471 Å². The standard InChI is InChI=1S/C80H60/c1-49-67(53-25-11-7-12-26-53)68(54-27-13-8-14-28-54)50(2)70-69(49)71(57-45-41-51(42-46-57)59-35-23-39-65-75(59)61-33-19-21-37-63(61)79(65,3)4)78-73(56-31-17-10-18-32-56)72(55-29-15-9-16-30-55)74(77(70)78)58-47-43-52(44-48-58)60-36-24-40-66-76(60)62-34-20-22-38-64(62)80(66,5)6/h7-48H,1-6H3.